The number of aromatic hydroxyl groups is 2. The van der Waals surface area contributed by atoms with E-state index in [4.69, 9.17) is 18.6 Å². The van der Waals surface area contributed by atoms with Crippen LogP contribution in [0.25, 0.3) is 22.3 Å². The summed E-state index contributed by atoms with van der Waals surface area (Å²) < 4.78 is 21.9. The summed E-state index contributed by atoms with van der Waals surface area (Å²) >= 11 is 0. The first-order chi connectivity index (χ1) is 18.7. The van der Waals surface area contributed by atoms with Crippen molar-refractivity contribution in [2.24, 2.45) is 0 Å². The van der Waals surface area contributed by atoms with Gasteiger partial charge in [-0.05, 0) is 24.3 Å². The van der Waals surface area contributed by atoms with Gasteiger partial charge in [0.15, 0.2) is 28.8 Å². The molecule has 5 unspecified atom stereocenters. The lowest BCUT2D eigenvalue weighted by Gasteiger charge is -2.39. The number of carbonyl (C=O) groups excluding carboxylic acids is 1. The highest BCUT2D eigenvalue weighted by Crippen LogP contribution is 2.42. The Morgan fingerprint density at radius 2 is 1.56 bits per heavy atom. The van der Waals surface area contributed by atoms with E-state index in [1.807, 2.05) is 0 Å². The Morgan fingerprint density at radius 1 is 0.872 bits per heavy atom. The van der Waals surface area contributed by atoms with Crippen LogP contribution in [-0.4, -0.2) is 69.1 Å². The average molecular weight is 536 g/mol. The Bertz CT molecular complexity index is 1560. The zero-order valence-electron chi connectivity index (χ0n) is 20.4. The zero-order chi connectivity index (χ0) is 27.8. The van der Waals surface area contributed by atoms with E-state index >= 15 is 0 Å². The van der Waals surface area contributed by atoms with E-state index in [-0.39, 0.29) is 22.3 Å². The lowest BCUT2D eigenvalue weighted by atomic mass is 9.93. The van der Waals surface area contributed by atoms with E-state index in [2.05, 4.69) is 0 Å². The van der Waals surface area contributed by atoms with Crippen molar-refractivity contribution in [3.8, 4) is 34.3 Å². The number of Topliss-reactive ketones (excluding diaryl/α,β-unsaturated/α-hetero) is 1. The van der Waals surface area contributed by atoms with Crippen molar-refractivity contribution in [1.29, 1.82) is 0 Å². The van der Waals surface area contributed by atoms with Crippen molar-refractivity contribution >= 4 is 16.8 Å². The van der Waals surface area contributed by atoms with E-state index in [0.717, 1.165) is 6.07 Å². The number of fused-ring (bicyclic) bond motifs is 1. The van der Waals surface area contributed by atoms with Gasteiger partial charge in [0.2, 0.25) is 12.0 Å². The summed E-state index contributed by atoms with van der Waals surface area (Å²) in [5.74, 6) is -2.22. The fourth-order valence-electron chi connectivity index (χ4n) is 4.31. The smallest absolute Gasteiger partial charge is 0.229 e. The molecule has 11 nitrogen and oxygen atoms in total. The number of benzene rings is 3. The second kappa shape index (κ2) is 10.4. The molecule has 0 amide bonds. The normalized spacial score (nSPS) is 22.9. The average Bonchev–Trinajstić information content (AvgIpc) is 2.95. The third kappa shape index (κ3) is 4.79. The van der Waals surface area contributed by atoms with Gasteiger partial charge in [0, 0.05) is 23.3 Å². The van der Waals surface area contributed by atoms with E-state index in [1.54, 1.807) is 30.3 Å². The number of hydrogen-bond donors (Lipinski definition) is 5. The van der Waals surface area contributed by atoms with Gasteiger partial charge in [-0.3, -0.25) is 9.59 Å². The Kier molecular flexibility index (Phi) is 6.98. The Labute approximate surface area is 220 Å². The summed E-state index contributed by atoms with van der Waals surface area (Å²) in [6.45, 7) is 0. The Morgan fingerprint density at radius 3 is 2.23 bits per heavy atom. The third-order valence-electron chi connectivity index (χ3n) is 6.44. The molecule has 11 heteroatoms. The molecule has 4 aromatic rings. The maximum absolute atomic E-state index is 13.1. The van der Waals surface area contributed by atoms with Gasteiger partial charge in [0.05, 0.1) is 7.11 Å². The van der Waals surface area contributed by atoms with Gasteiger partial charge in [-0.2, -0.15) is 0 Å². The number of carbonyl (C=O) groups is 1. The quantitative estimate of drug-likeness (QED) is 0.180. The van der Waals surface area contributed by atoms with Crippen LogP contribution in [0.5, 0.6) is 23.0 Å². The second-order valence-corrected chi connectivity index (χ2v) is 8.89. The van der Waals surface area contributed by atoms with E-state index in [1.165, 1.54) is 37.4 Å². The predicted molar refractivity (Wildman–Crippen MR) is 136 cm³/mol. The van der Waals surface area contributed by atoms with Crippen LogP contribution in [0, 0.1) is 0 Å². The molecule has 0 bridgehead atoms. The number of phenolic OH excluding ortho intramolecular Hbond substituents is 2. The highest BCUT2D eigenvalue weighted by Gasteiger charge is 2.48. The number of methoxy groups -OCH3 is 1. The molecule has 0 saturated carbocycles. The van der Waals surface area contributed by atoms with Crippen molar-refractivity contribution in [3.63, 3.8) is 0 Å². The number of aliphatic hydroxyl groups is 3. The molecule has 5 rings (SSSR count). The van der Waals surface area contributed by atoms with Crippen LogP contribution >= 0.6 is 0 Å². The van der Waals surface area contributed by atoms with Crippen molar-refractivity contribution < 1.29 is 49.0 Å². The molecule has 3 aromatic carbocycles. The molecule has 1 aliphatic heterocycles. The number of ketones is 1. The van der Waals surface area contributed by atoms with Crippen LogP contribution in [0.2, 0.25) is 0 Å². The molecule has 1 aliphatic rings. The van der Waals surface area contributed by atoms with Gasteiger partial charge < -0.3 is 44.2 Å². The molecule has 0 spiro atoms. The number of ether oxygens (including phenoxy) is 3. The first-order valence-corrected chi connectivity index (χ1v) is 11.8. The minimum Gasteiger partial charge on any atom is -0.504 e. The van der Waals surface area contributed by atoms with Gasteiger partial charge in [-0.15, -0.1) is 0 Å². The van der Waals surface area contributed by atoms with Crippen LogP contribution in [0.15, 0.2) is 75.9 Å². The van der Waals surface area contributed by atoms with Gasteiger partial charge in [-0.1, -0.05) is 30.3 Å². The van der Waals surface area contributed by atoms with Crippen molar-refractivity contribution in [2.45, 2.75) is 30.7 Å². The van der Waals surface area contributed by atoms with Crippen molar-refractivity contribution in [2.75, 3.05) is 7.11 Å². The number of hydrogen-bond acceptors (Lipinski definition) is 11. The topological polar surface area (TPSA) is 176 Å². The lowest BCUT2D eigenvalue weighted by Crippen LogP contribution is -2.61. The molecule has 1 fully saturated rings. The van der Waals surface area contributed by atoms with E-state index in [9.17, 15) is 35.1 Å². The first kappa shape index (κ1) is 26.2. The summed E-state index contributed by atoms with van der Waals surface area (Å²) in [5.41, 5.74) is -0.0753. The minimum atomic E-state index is -1.87. The minimum absolute atomic E-state index is 0.128. The summed E-state index contributed by atoms with van der Waals surface area (Å²) in [6, 6.07) is 16.9. The van der Waals surface area contributed by atoms with Crippen LogP contribution < -0.4 is 14.9 Å². The summed E-state index contributed by atoms with van der Waals surface area (Å²) in [4.78, 5) is 25.8. The van der Waals surface area contributed by atoms with E-state index in [0.29, 0.717) is 11.3 Å². The first-order valence-electron chi connectivity index (χ1n) is 11.8. The van der Waals surface area contributed by atoms with Crippen molar-refractivity contribution in [3.05, 3.63) is 82.5 Å². The zero-order valence-corrected chi connectivity index (χ0v) is 20.4. The molecule has 202 valence electrons. The predicted octanol–water partition coefficient (Wildman–Crippen LogP) is 1.95. The number of rotatable bonds is 6. The monoisotopic (exact) mass is 536 g/mol. The maximum atomic E-state index is 13.1. The van der Waals surface area contributed by atoms with Gasteiger partial charge in [-0.25, -0.2) is 0 Å². The molecule has 1 aromatic heterocycles. The summed E-state index contributed by atoms with van der Waals surface area (Å²) in [5, 5.41) is 52.2. The van der Waals surface area contributed by atoms with Crippen LogP contribution in [0.3, 0.4) is 0 Å². The Hall–Kier alpha value is -4.42. The van der Waals surface area contributed by atoms with Gasteiger partial charge in [0.1, 0.15) is 40.8 Å². The fourth-order valence-corrected chi connectivity index (χ4v) is 4.31. The summed E-state index contributed by atoms with van der Waals surface area (Å²) in [6.07, 6.45) is -8.96. The molecule has 0 radical (unpaired) electrons. The van der Waals surface area contributed by atoms with Crippen molar-refractivity contribution in [1.82, 2.24) is 0 Å². The standard InChI is InChI=1S/C28H24O11/c1-36-15-9-7-14(8-10-15)21(30)27-25(34)24(33)26(35)28(39-27)38-19-12-18-20(23(32)22(19)31)16(29)11-17(37-18)13-5-3-2-4-6-13/h2-12,24-28,31-35H,1H3. The van der Waals surface area contributed by atoms with E-state index < -0.39 is 59.2 Å². The molecule has 1 saturated heterocycles. The van der Waals surface area contributed by atoms with Gasteiger partial charge >= 0.3 is 0 Å². The SMILES string of the molecule is COc1ccc(C(=O)C2OC(Oc3cc4oc(-c5ccccc5)cc(=O)c4c(O)c3O)C(O)C(O)C2O)cc1. The molecule has 5 atom stereocenters. The molecule has 0 aliphatic carbocycles. The van der Waals surface area contributed by atoms with Crippen LogP contribution in [-0.2, 0) is 4.74 Å². The second-order valence-electron chi connectivity index (χ2n) is 8.89. The Balaban J connectivity index is 1.48. The fraction of sp³-hybridized carbons (Fsp3) is 0.214. The molecule has 39 heavy (non-hydrogen) atoms. The number of aliphatic hydroxyl groups excluding tert-OH is 3. The molecular formula is C28H24O11. The third-order valence-corrected chi connectivity index (χ3v) is 6.44. The molecular weight excluding hydrogens is 512 g/mol. The number of phenols is 2. The molecule has 5 N–H and O–H groups in total. The molecule has 2 heterocycles. The largest absolute Gasteiger partial charge is 0.504 e. The van der Waals surface area contributed by atoms with Crippen LogP contribution in [0.4, 0.5) is 0 Å². The summed E-state index contributed by atoms with van der Waals surface area (Å²) in [7, 11) is 1.46. The highest BCUT2D eigenvalue weighted by molar-refractivity contribution is 6.00. The highest BCUT2D eigenvalue weighted by atomic mass is 16.7. The van der Waals surface area contributed by atoms with Gasteiger partial charge in [0.25, 0.3) is 0 Å². The van der Waals surface area contributed by atoms with Crippen LogP contribution in [0.1, 0.15) is 10.4 Å². The lowest BCUT2D eigenvalue weighted by molar-refractivity contribution is -0.260. The maximum Gasteiger partial charge on any atom is 0.229 e.